The first-order chi connectivity index (χ1) is 14.4. The van der Waals surface area contributed by atoms with Gasteiger partial charge in [0.1, 0.15) is 5.78 Å². The molecule has 5 heteroatoms. The molecular weight excluding hydrogens is 398 g/mol. The fourth-order valence-corrected chi connectivity index (χ4v) is 4.78. The van der Waals surface area contributed by atoms with Crippen molar-refractivity contribution in [2.45, 2.75) is 38.5 Å². The van der Waals surface area contributed by atoms with Crippen LogP contribution in [-0.4, -0.2) is 24.6 Å². The average Bonchev–Trinajstić information content (AvgIpc) is 2.73. The molecule has 4 rings (SSSR count). The maximum absolute atomic E-state index is 13.4. The van der Waals surface area contributed by atoms with Gasteiger partial charge in [0.2, 0.25) is 0 Å². The maximum Gasteiger partial charge on any atom is 0.336 e. The number of Topliss-reactive ketones (excluding diaryl/α,β-unsaturated/α-hetero) is 1. The van der Waals surface area contributed by atoms with Crippen molar-refractivity contribution >= 4 is 29.1 Å². The number of benzene rings is 2. The van der Waals surface area contributed by atoms with E-state index in [-0.39, 0.29) is 17.6 Å². The molecule has 0 aromatic heterocycles. The SMILES string of the molecule is COC(=O)C1=C(C)N=C2C[C@@H](c3ccc(Cl)cc3)CC(=O)C2[C@@H]1c1ccc(C)cc1. The Morgan fingerprint density at radius 2 is 1.60 bits per heavy atom. The zero-order valence-corrected chi connectivity index (χ0v) is 18.1. The summed E-state index contributed by atoms with van der Waals surface area (Å²) < 4.78 is 5.06. The van der Waals surface area contributed by atoms with E-state index in [1.54, 1.807) is 0 Å². The molecule has 30 heavy (non-hydrogen) atoms. The van der Waals surface area contributed by atoms with Gasteiger partial charge in [0.05, 0.1) is 18.6 Å². The van der Waals surface area contributed by atoms with Crippen LogP contribution in [0.15, 0.2) is 64.8 Å². The minimum absolute atomic E-state index is 0.0657. The van der Waals surface area contributed by atoms with Crippen LogP contribution < -0.4 is 0 Å². The van der Waals surface area contributed by atoms with Gasteiger partial charge in [-0.2, -0.15) is 0 Å². The van der Waals surface area contributed by atoms with E-state index in [0.29, 0.717) is 29.1 Å². The van der Waals surface area contributed by atoms with Crippen molar-refractivity contribution in [2.24, 2.45) is 10.9 Å². The smallest absolute Gasteiger partial charge is 0.336 e. The predicted octanol–water partition coefficient (Wildman–Crippen LogP) is 5.40. The van der Waals surface area contributed by atoms with E-state index in [9.17, 15) is 9.59 Å². The lowest BCUT2D eigenvalue weighted by atomic mass is 9.66. The number of fused-ring (bicyclic) bond motifs is 1. The highest BCUT2D eigenvalue weighted by Crippen LogP contribution is 2.46. The van der Waals surface area contributed by atoms with Crippen molar-refractivity contribution in [1.29, 1.82) is 0 Å². The lowest BCUT2D eigenvalue weighted by Crippen LogP contribution is -2.41. The number of aliphatic imine (C=N–C) groups is 1. The van der Waals surface area contributed by atoms with E-state index >= 15 is 0 Å². The molecule has 2 aliphatic rings. The minimum Gasteiger partial charge on any atom is -0.466 e. The summed E-state index contributed by atoms with van der Waals surface area (Å²) in [6.07, 6.45) is 1.10. The highest BCUT2D eigenvalue weighted by molar-refractivity contribution is 6.30. The Kier molecular flexibility index (Phi) is 5.61. The number of ether oxygens (including phenoxy) is 1. The van der Waals surface area contributed by atoms with Gasteiger partial charge in [-0.3, -0.25) is 9.79 Å². The van der Waals surface area contributed by atoms with Crippen LogP contribution in [0.3, 0.4) is 0 Å². The van der Waals surface area contributed by atoms with Gasteiger partial charge in [0.15, 0.2) is 0 Å². The van der Waals surface area contributed by atoms with Gasteiger partial charge in [-0.15, -0.1) is 0 Å². The van der Waals surface area contributed by atoms with E-state index in [4.69, 9.17) is 21.3 Å². The fraction of sp³-hybridized carbons (Fsp3) is 0.320. The highest BCUT2D eigenvalue weighted by atomic mass is 35.5. The van der Waals surface area contributed by atoms with Gasteiger partial charge in [-0.05, 0) is 49.4 Å². The molecule has 1 saturated carbocycles. The lowest BCUT2D eigenvalue weighted by molar-refractivity contribution is -0.136. The molecular formula is C25H24ClNO3. The van der Waals surface area contributed by atoms with Crippen LogP contribution in [0.5, 0.6) is 0 Å². The topological polar surface area (TPSA) is 55.7 Å². The van der Waals surface area contributed by atoms with Crippen molar-refractivity contribution in [3.05, 3.63) is 81.5 Å². The molecule has 4 nitrogen and oxygen atoms in total. The average molecular weight is 422 g/mol. The molecule has 1 heterocycles. The second kappa shape index (κ2) is 8.19. The van der Waals surface area contributed by atoms with Gasteiger partial charge < -0.3 is 4.74 Å². The van der Waals surface area contributed by atoms with Crippen LogP contribution in [0.4, 0.5) is 0 Å². The first-order valence-electron chi connectivity index (χ1n) is 10.1. The number of ketones is 1. The highest BCUT2D eigenvalue weighted by Gasteiger charge is 2.45. The normalized spacial score (nSPS) is 23.7. The molecule has 1 unspecified atom stereocenters. The summed E-state index contributed by atoms with van der Waals surface area (Å²) in [6.45, 7) is 3.84. The summed E-state index contributed by atoms with van der Waals surface area (Å²) in [5.74, 6) is -1.05. The van der Waals surface area contributed by atoms with Crippen LogP contribution in [0.1, 0.15) is 48.3 Å². The van der Waals surface area contributed by atoms with Crippen molar-refractivity contribution in [1.82, 2.24) is 0 Å². The number of hydrogen-bond donors (Lipinski definition) is 0. The number of allylic oxidation sites excluding steroid dienone is 1. The quantitative estimate of drug-likeness (QED) is 0.624. The van der Waals surface area contributed by atoms with Crippen molar-refractivity contribution < 1.29 is 14.3 Å². The second-order valence-electron chi connectivity index (χ2n) is 8.08. The Morgan fingerprint density at radius 3 is 2.23 bits per heavy atom. The third-order valence-corrected chi connectivity index (χ3v) is 6.39. The molecule has 0 N–H and O–H groups in total. The Hall–Kier alpha value is -2.72. The van der Waals surface area contributed by atoms with Gasteiger partial charge in [-0.25, -0.2) is 4.79 Å². The van der Waals surface area contributed by atoms with Crippen LogP contribution in [0, 0.1) is 12.8 Å². The van der Waals surface area contributed by atoms with E-state index in [1.165, 1.54) is 7.11 Å². The molecule has 2 aromatic carbocycles. The van der Waals surface area contributed by atoms with E-state index in [0.717, 1.165) is 22.4 Å². The Labute approximate surface area is 181 Å². The lowest BCUT2D eigenvalue weighted by Gasteiger charge is -2.38. The number of carbonyl (C=O) groups is 2. The van der Waals surface area contributed by atoms with Crippen LogP contribution in [0.25, 0.3) is 0 Å². The van der Waals surface area contributed by atoms with E-state index < -0.39 is 11.9 Å². The molecule has 0 spiro atoms. The van der Waals surface area contributed by atoms with Crippen LogP contribution in [-0.2, 0) is 14.3 Å². The molecule has 1 aliphatic heterocycles. The second-order valence-corrected chi connectivity index (χ2v) is 8.52. The summed E-state index contributed by atoms with van der Waals surface area (Å²) in [4.78, 5) is 30.8. The summed E-state index contributed by atoms with van der Waals surface area (Å²) in [6, 6.07) is 15.7. The van der Waals surface area contributed by atoms with Crippen molar-refractivity contribution in [3.63, 3.8) is 0 Å². The summed E-state index contributed by atoms with van der Waals surface area (Å²) in [5.41, 5.74) is 5.11. The van der Waals surface area contributed by atoms with E-state index in [1.807, 2.05) is 62.4 Å². The standard InChI is InChI=1S/C25H24ClNO3/c1-14-4-6-17(7-5-14)23-22(25(29)30-3)15(2)27-20-12-18(13-21(28)24(20)23)16-8-10-19(26)11-9-16/h4-11,18,23-24H,12-13H2,1-3H3/t18-,23-,24?/m1/s1. The number of nitrogens with zero attached hydrogens (tertiary/aromatic N) is 1. The van der Waals surface area contributed by atoms with Crippen molar-refractivity contribution in [3.8, 4) is 0 Å². The predicted molar refractivity (Wildman–Crippen MR) is 118 cm³/mol. The molecule has 0 amide bonds. The molecule has 0 bridgehead atoms. The minimum atomic E-state index is -0.436. The Balaban J connectivity index is 1.78. The molecule has 1 aliphatic carbocycles. The Morgan fingerprint density at radius 1 is 0.967 bits per heavy atom. The van der Waals surface area contributed by atoms with Gasteiger partial charge in [0, 0.05) is 28.8 Å². The Bertz CT molecular complexity index is 1050. The summed E-state index contributed by atoms with van der Waals surface area (Å²) in [5, 5.41) is 0.676. The molecule has 154 valence electrons. The van der Waals surface area contributed by atoms with Gasteiger partial charge in [-0.1, -0.05) is 53.6 Å². The first-order valence-corrected chi connectivity index (χ1v) is 10.5. The molecule has 3 atom stereocenters. The van der Waals surface area contributed by atoms with Crippen LogP contribution in [0.2, 0.25) is 5.02 Å². The number of carbonyl (C=O) groups excluding carboxylic acids is 2. The number of aryl methyl sites for hydroxylation is 1. The number of esters is 1. The molecule has 1 fully saturated rings. The zero-order valence-electron chi connectivity index (χ0n) is 17.3. The molecule has 0 saturated heterocycles. The zero-order chi connectivity index (χ0) is 21.4. The third-order valence-electron chi connectivity index (χ3n) is 6.14. The first kappa shape index (κ1) is 20.5. The number of halogens is 1. The van der Waals surface area contributed by atoms with E-state index in [2.05, 4.69) is 0 Å². The van der Waals surface area contributed by atoms with Crippen molar-refractivity contribution in [2.75, 3.05) is 7.11 Å². The number of hydrogen-bond acceptors (Lipinski definition) is 4. The molecule has 2 aromatic rings. The van der Waals surface area contributed by atoms with Gasteiger partial charge in [0.25, 0.3) is 0 Å². The largest absolute Gasteiger partial charge is 0.466 e. The summed E-state index contributed by atoms with van der Waals surface area (Å²) in [7, 11) is 1.37. The fourth-order valence-electron chi connectivity index (χ4n) is 4.66. The van der Waals surface area contributed by atoms with Crippen LogP contribution >= 0.6 is 11.6 Å². The molecule has 0 radical (unpaired) electrons. The summed E-state index contributed by atoms with van der Waals surface area (Å²) >= 11 is 6.03. The number of methoxy groups -OCH3 is 1. The third kappa shape index (κ3) is 3.72. The van der Waals surface area contributed by atoms with Gasteiger partial charge >= 0.3 is 5.97 Å². The maximum atomic E-state index is 13.4. The monoisotopic (exact) mass is 421 g/mol. The number of rotatable bonds is 3.